The van der Waals surface area contributed by atoms with Crippen molar-refractivity contribution < 1.29 is 4.79 Å². The van der Waals surface area contributed by atoms with E-state index in [-0.39, 0.29) is 5.91 Å². The Hall–Kier alpha value is -1.66. The van der Waals surface area contributed by atoms with Gasteiger partial charge in [-0.3, -0.25) is 20.5 Å². The van der Waals surface area contributed by atoms with Crippen LogP contribution in [0.25, 0.3) is 0 Å². The molecule has 19 heavy (non-hydrogen) atoms. The number of nitrogens with two attached hydrogens (primary N) is 1. The molecule has 0 aromatic carbocycles. The summed E-state index contributed by atoms with van der Waals surface area (Å²) in [4.78, 5) is 20.7. The highest BCUT2D eigenvalue weighted by molar-refractivity contribution is 5.99. The molecule has 2 rings (SSSR count). The molecule has 1 aliphatic rings. The normalized spacial score (nSPS) is 20.4. The van der Waals surface area contributed by atoms with Crippen LogP contribution >= 0.6 is 0 Å². The van der Waals surface area contributed by atoms with Gasteiger partial charge in [0.1, 0.15) is 0 Å². The summed E-state index contributed by atoms with van der Waals surface area (Å²) in [5.41, 5.74) is 3.67. The second kappa shape index (κ2) is 5.99. The predicted octanol–water partition coefficient (Wildman–Crippen LogP) is 0.533. The highest BCUT2D eigenvalue weighted by Gasteiger charge is 2.27. The lowest BCUT2D eigenvalue weighted by molar-refractivity contribution is 0.0529. The first kappa shape index (κ1) is 13.8. The van der Waals surface area contributed by atoms with Crippen LogP contribution in [0, 0.1) is 0 Å². The zero-order valence-electron chi connectivity index (χ0n) is 11.5. The van der Waals surface area contributed by atoms with Gasteiger partial charge in [0.25, 0.3) is 5.91 Å². The molecule has 104 valence electrons. The summed E-state index contributed by atoms with van der Waals surface area (Å²) in [7, 11) is 0. The van der Waals surface area contributed by atoms with Crippen LogP contribution in [0.4, 0.5) is 5.69 Å². The number of rotatable bonds is 3. The number of anilines is 1. The monoisotopic (exact) mass is 263 g/mol. The van der Waals surface area contributed by atoms with Crippen molar-refractivity contribution in [2.24, 2.45) is 5.84 Å². The third-order valence-electron chi connectivity index (χ3n) is 3.67. The summed E-state index contributed by atoms with van der Waals surface area (Å²) < 4.78 is 0. The fourth-order valence-corrected chi connectivity index (χ4v) is 2.52. The van der Waals surface area contributed by atoms with E-state index in [4.69, 9.17) is 5.84 Å². The number of piperazine rings is 1. The SMILES string of the molecule is CCN1CCN(C(=O)c2ccncc2NN)CC1C. The zero-order chi connectivity index (χ0) is 13.8. The minimum atomic E-state index is 0.0120. The van der Waals surface area contributed by atoms with Crippen LogP contribution in [0.1, 0.15) is 24.2 Å². The maximum atomic E-state index is 12.5. The quantitative estimate of drug-likeness (QED) is 0.615. The minimum Gasteiger partial charge on any atom is -0.336 e. The van der Waals surface area contributed by atoms with Crippen LogP contribution < -0.4 is 11.3 Å². The van der Waals surface area contributed by atoms with E-state index in [0.717, 1.165) is 26.2 Å². The molecule has 0 aliphatic carbocycles. The van der Waals surface area contributed by atoms with Gasteiger partial charge in [0.2, 0.25) is 0 Å². The number of carbonyl (C=O) groups is 1. The van der Waals surface area contributed by atoms with Gasteiger partial charge in [-0.2, -0.15) is 0 Å². The fourth-order valence-electron chi connectivity index (χ4n) is 2.52. The first-order valence-corrected chi connectivity index (χ1v) is 6.61. The molecule has 0 bridgehead atoms. The van der Waals surface area contributed by atoms with E-state index in [2.05, 4.69) is 29.2 Å². The second-order valence-corrected chi connectivity index (χ2v) is 4.79. The summed E-state index contributed by atoms with van der Waals surface area (Å²) in [6.07, 6.45) is 3.18. The minimum absolute atomic E-state index is 0.0120. The maximum absolute atomic E-state index is 12.5. The molecule has 1 aromatic heterocycles. The number of aromatic nitrogens is 1. The topological polar surface area (TPSA) is 74.5 Å². The van der Waals surface area contributed by atoms with Crippen LogP contribution in [0.15, 0.2) is 18.5 Å². The average Bonchev–Trinajstić information content (AvgIpc) is 2.46. The van der Waals surface area contributed by atoms with Crippen LogP contribution in [0.2, 0.25) is 0 Å². The number of nitrogens with zero attached hydrogens (tertiary/aromatic N) is 3. The van der Waals surface area contributed by atoms with Gasteiger partial charge < -0.3 is 10.3 Å². The Kier molecular flexibility index (Phi) is 4.34. The van der Waals surface area contributed by atoms with E-state index in [0.29, 0.717) is 17.3 Å². The number of carbonyl (C=O) groups excluding carboxylic acids is 1. The van der Waals surface area contributed by atoms with Crippen molar-refractivity contribution in [2.75, 3.05) is 31.6 Å². The Morgan fingerprint density at radius 1 is 1.58 bits per heavy atom. The van der Waals surface area contributed by atoms with E-state index in [1.54, 1.807) is 18.5 Å². The first-order valence-electron chi connectivity index (χ1n) is 6.61. The highest BCUT2D eigenvalue weighted by Crippen LogP contribution is 2.17. The third-order valence-corrected chi connectivity index (χ3v) is 3.67. The number of pyridine rings is 1. The van der Waals surface area contributed by atoms with E-state index in [1.807, 2.05) is 4.90 Å². The molecule has 1 aromatic rings. The highest BCUT2D eigenvalue weighted by atomic mass is 16.2. The van der Waals surface area contributed by atoms with Gasteiger partial charge in [-0.05, 0) is 19.5 Å². The van der Waals surface area contributed by atoms with Crippen LogP contribution in [0.5, 0.6) is 0 Å². The number of nitrogens with one attached hydrogen (secondary N) is 1. The van der Waals surface area contributed by atoms with Gasteiger partial charge in [-0.15, -0.1) is 0 Å². The lowest BCUT2D eigenvalue weighted by atomic mass is 10.1. The van der Waals surface area contributed by atoms with Crippen molar-refractivity contribution >= 4 is 11.6 Å². The molecular formula is C13H21N5O. The van der Waals surface area contributed by atoms with Gasteiger partial charge in [0.15, 0.2) is 0 Å². The van der Waals surface area contributed by atoms with Crippen molar-refractivity contribution in [3.63, 3.8) is 0 Å². The lowest BCUT2D eigenvalue weighted by Gasteiger charge is -2.39. The van der Waals surface area contributed by atoms with Crippen molar-refractivity contribution in [1.29, 1.82) is 0 Å². The Labute approximate surface area is 113 Å². The number of nitrogen functional groups attached to an aromatic ring is 1. The smallest absolute Gasteiger partial charge is 0.256 e. The molecule has 0 saturated carbocycles. The van der Waals surface area contributed by atoms with Crippen molar-refractivity contribution in [3.05, 3.63) is 24.0 Å². The van der Waals surface area contributed by atoms with Crippen molar-refractivity contribution in [3.8, 4) is 0 Å². The molecule has 6 nitrogen and oxygen atoms in total. The van der Waals surface area contributed by atoms with Crippen molar-refractivity contribution in [1.82, 2.24) is 14.8 Å². The van der Waals surface area contributed by atoms with Gasteiger partial charge in [0, 0.05) is 31.9 Å². The van der Waals surface area contributed by atoms with Crippen LogP contribution in [0.3, 0.4) is 0 Å². The predicted molar refractivity (Wildman–Crippen MR) is 74.7 cm³/mol. The number of hydrogen-bond donors (Lipinski definition) is 2. The van der Waals surface area contributed by atoms with Gasteiger partial charge in [0.05, 0.1) is 17.4 Å². The Balaban J connectivity index is 2.12. The Morgan fingerprint density at radius 2 is 2.37 bits per heavy atom. The lowest BCUT2D eigenvalue weighted by Crippen LogP contribution is -2.53. The third kappa shape index (κ3) is 2.85. The molecule has 0 spiro atoms. The largest absolute Gasteiger partial charge is 0.336 e. The molecule has 1 atom stereocenters. The molecule has 0 radical (unpaired) electrons. The van der Waals surface area contributed by atoms with E-state index in [1.165, 1.54) is 0 Å². The molecule has 1 fully saturated rings. The number of likely N-dealkylation sites (N-methyl/N-ethyl adjacent to an activating group) is 1. The Bertz CT molecular complexity index is 450. The van der Waals surface area contributed by atoms with Gasteiger partial charge in [-0.25, -0.2) is 0 Å². The standard InChI is InChI=1S/C13H21N5O/c1-3-17-6-7-18(9-10(17)2)13(19)11-4-5-15-8-12(11)16-14/h4-5,8,10,16H,3,6-7,9,14H2,1-2H3. The van der Waals surface area contributed by atoms with E-state index < -0.39 is 0 Å². The number of hydrogen-bond acceptors (Lipinski definition) is 5. The molecule has 3 N–H and O–H groups in total. The molecule has 1 aliphatic heterocycles. The average molecular weight is 263 g/mol. The summed E-state index contributed by atoms with van der Waals surface area (Å²) in [5.74, 6) is 5.43. The van der Waals surface area contributed by atoms with Gasteiger partial charge in [-0.1, -0.05) is 6.92 Å². The first-order chi connectivity index (χ1) is 9.17. The summed E-state index contributed by atoms with van der Waals surface area (Å²) >= 11 is 0. The summed E-state index contributed by atoms with van der Waals surface area (Å²) in [6.45, 7) is 7.74. The number of hydrazine groups is 1. The van der Waals surface area contributed by atoms with Crippen LogP contribution in [-0.4, -0.2) is 52.9 Å². The summed E-state index contributed by atoms with van der Waals surface area (Å²) in [6, 6.07) is 2.09. The van der Waals surface area contributed by atoms with E-state index in [9.17, 15) is 4.79 Å². The molecule has 2 heterocycles. The maximum Gasteiger partial charge on any atom is 0.256 e. The molecule has 1 unspecified atom stereocenters. The number of amides is 1. The molecule has 6 heteroatoms. The molecule has 1 amide bonds. The molecular weight excluding hydrogens is 242 g/mol. The molecule has 1 saturated heterocycles. The zero-order valence-corrected chi connectivity index (χ0v) is 11.5. The van der Waals surface area contributed by atoms with Gasteiger partial charge >= 0.3 is 0 Å². The van der Waals surface area contributed by atoms with E-state index >= 15 is 0 Å². The second-order valence-electron chi connectivity index (χ2n) is 4.79. The fraction of sp³-hybridized carbons (Fsp3) is 0.538. The van der Waals surface area contributed by atoms with Crippen molar-refractivity contribution in [2.45, 2.75) is 19.9 Å². The summed E-state index contributed by atoms with van der Waals surface area (Å²) in [5, 5.41) is 0. The van der Waals surface area contributed by atoms with Crippen LogP contribution in [-0.2, 0) is 0 Å². The Morgan fingerprint density at radius 3 is 3.00 bits per heavy atom.